The predicted octanol–water partition coefficient (Wildman–Crippen LogP) is 4.20. The molecule has 0 radical (unpaired) electrons. The van der Waals surface area contributed by atoms with Crippen LogP contribution in [0.2, 0.25) is 0 Å². The van der Waals surface area contributed by atoms with Crippen molar-refractivity contribution in [2.75, 3.05) is 5.32 Å². The number of pyridine rings is 1. The van der Waals surface area contributed by atoms with Gasteiger partial charge in [-0.15, -0.1) is 0 Å². The number of ether oxygens (including phenoxy) is 1. The van der Waals surface area contributed by atoms with Gasteiger partial charge in [-0.05, 0) is 32.1 Å². The number of benzene rings is 1. The number of aliphatic hydroxyl groups is 1. The van der Waals surface area contributed by atoms with Gasteiger partial charge in [0.15, 0.2) is 5.65 Å². The third-order valence-electron chi connectivity index (χ3n) is 6.32. The van der Waals surface area contributed by atoms with Crippen LogP contribution in [0.25, 0.3) is 22.3 Å². The van der Waals surface area contributed by atoms with E-state index in [1.807, 2.05) is 31.3 Å². The fraction of sp³-hybridized carbons (Fsp3) is 0.375. The highest BCUT2D eigenvalue weighted by molar-refractivity contribution is 5.84. The molecule has 2 aliphatic carbocycles. The highest BCUT2D eigenvalue weighted by Crippen LogP contribution is 2.39. The lowest BCUT2D eigenvalue weighted by Gasteiger charge is -2.18. The summed E-state index contributed by atoms with van der Waals surface area (Å²) in [4.78, 5) is 4.79. The van der Waals surface area contributed by atoms with Crippen molar-refractivity contribution < 1.29 is 9.84 Å². The minimum absolute atomic E-state index is 0.199. The number of nitrogens with one attached hydrogen (secondary N) is 1. The lowest BCUT2D eigenvalue weighted by Crippen LogP contribution is -2.25. The van der Waals surface area contributed by atoms with Gasteiger partial charge in [-0.2, -0.15) is 10.2 Å². The first-order chi connectivity index (χ1) is 15.7. The maximum atomic E-state index is 10.3. The second-order valence-corrected chi connectivity index (χ2v) is 8.75. The first kappa shape index (κ1) is 19.3. The Hall–Kier alpha value is -3.39. The first-order valence-electron chi connectivity index (χ1n) is 11.3. The molecule has 3 aromatic heterocycles. The summed E-state index contributed by atoms with van der Waals surface area (Å²) < 4.78 is 10.1. The predicted molar refractivity (Wildman–Crippen MR) is 122 cm³/mol. The van der Waals surface area contributed by atoms with Crippen LogP contribution in [0.5, 0.6) is 5.75 Å². The number of aliphatic hydroxyl groups excluding tert-OH is 1. The molecule has 0 amide bonds. The van der Waals surface area contributed by atoms with Crippen LogP contribution in [-0.4, -0.2) is 41.9 Å². The van der Waals surface area contributed by atoms with E-state index in [4.69, 9.17) is 14.8 Å². The Morgan fingerprint density at radius 3 is 2.69 bits per heavy atom. The van der Waals surface area contributed by atoms with E-state index in [1.165, 1.54) is 0 Å². The van der Waals surface area contributed by atoms with Crippen molar-refractivity contribution >= 4 is 22.7 Å². The average Bonchev–Trinajstić information content (AvgIpc) is 3.28. The summed E-state index contributed by atoms with van der Waals surface area (Å²) in [6, 6.07) is 14.6. The fourth-order valence-corrected chi connectivity index (χ4v) is 4.42. The van der Waals surface area contributed by atoms with Crippen LogP contribution >= 0.6 is 0 Å². The highest BCUT2D eigenvalue weighted by Gasteiger charge is 2.29. The van der Waals surface area contributed by atoms with E-state index in [0.717, 1.165) is 60.2 Å². The zero-order valence-electron chi connectivity index (χ0n) is 18.0. The van der Waals surface area contributed by atoms with Crippen molar-refractivity contribution in [2.45, 2.75) is 50.4 Å². The van der Waals surface area contributed by atoms with Gasteiger partial charge in [-0.25, -0.2) is 9.67 Å². The van der Waals surface area contributed by atoms with Gasteiger partial charge in [0.05, 0.1) is 29.4 Å². The number of hydrogen-bond acceptors (Lipinski definition) is 6. The molecule has 8 heteroatoms. The number of hydrogen-bond donors (Lipinski definition) is 2. The number of nitrogens with zero attached hydrogens (tertiary/aromatic N) is 5. The molecule has 0 unspecified atom stereocenters. The van der Waals surface area contributed by atoms with Crippen molar-refractivity contribution in [3.8, 4) is 17.0 Å². The molecule has 0 saturated heterocycles. The zero-order chi connectivity index (χ0) is 21.7. The summed E-state index contributed by atoms with van der Waals surface area (Å²) in [6.07, 6.45) is 6.00. The van der Waals surface area contributed by atoms with Gasteiger partial charge in [0.25, 0.3) is 0 Å². The molecule has 2 fully saturated rings. The molecule has 0 spiro atoms. The number of aryl methyl sites for hydroxylation is 1. The van der Waals surface area contributed by atoms with E-state index in [-0.39, 0.29) is 6.10 Å². The lowest BCUT2D eigenvalue weighted by molar-refractivity contribution is 0.0614. The SMILES string of the molecule is Cn1ncc2c(O[C@H]3CCC[C@H]3O)cc(Nc3cc(-c4ccccc4)nn3C3CC3)nc21. The van der Waals surface area contributed by atoms with Gasteiger partial charge < -0.3 is 15.2 Å². The normalized spacial score (nSPS) is 20.7. The van der Waals surface area contributed by atoms with E-state index in [2.05, 4.69) is 33.3 Å². The molecule has 4 aromatic rings. The molecule has 2 aliphatic rings. The van der Waals surface area contributed by atoms with E-state index in [9.17, 15) is 5.11 Å². The van der Waals surface area contributed by atoms with Gasteiger partial charge in [0.1, 0.15) is 23.5 Å². The second kappa shape index (κ2) is 7.63. The molecule has 0 aliphatic heterocycles. The summed E-state index contributed by atoms with van der Waals surface area (Å²) in [7, 11) is 1.87. The average molecular weight is 431 g/mol. The quantitative estimate of drug-likeness (QED) is 0.476. The first-order valence-corrected chi connectivity index (χ1v) is 11.3. The Balaban J connectivity index is 1.37. The van der Waals surface area contributed by atoms with Crippen LogP contribution in [0, 0.1) is 0 Å². The van der Waals surface area contributed by atoms with E-state index in [1.54, 1.807) is 10.9 Å². The van der Waals surface area contributed by atoms with Crippen molar-refractivity contribution in [3.05, 3.63) is 48.7 Å². The molecule has 0 bridgehead atoms. The third kappa shape index (κ3) is 3.50. The largest absolute Gasteiger partial charge is 0.487 e. The molecule has 3 heterocycles. The summed E-state index contributed by atoms with van der Waals surface area (Å²) in [5.74, 6) is 2.27. The third-order valence-corrected chi connectivity index (χ3v) is 6.32. The van der Waals surface area contributed by atoms with Crippen LogP contribution in [0.1, 0.15) is 38.1 Å². The zero-order valence-corrected chi connectivity index (χ0v) is 18.0. The van der Waals surface area contributed by atoms with Crippen molar-refractivity contribution in [1.82, 2.24) is 24.5 Å². The Morgan fingerprint density at radius 1 is 1.09 bits per heavy atom. The Morgan fingerprint density at radius 2 is 1.94 bits per heavy atom. The number of anilines is 2. The van der Waals surface area contributed by atoms with E-state index in [0.29, 0.717) is 17.6 Å². The summed E-state index contributed by atoms with van der Waals surface area (Å²) in [6.45, 7) is 0. The molecule has 2 N–H and O–H groups in total. The molecular weight excluding hydrogens is 404 g/mol. The molecule has 2 saturated carbocycles. The minimum Gasteiger partial charge on any atom is -0.487 e. The summed E-state index contributed by atoms with van der Waals surface area (Å²) in [5.41, 5.74) is 2.76. The van der Waals surface area contributed by atoms with Crippen LogP contribution in [0.3, 0.4) is 0 Å². The van der Waals surface area contributed by atoms with Crippen molar-refractivity contribution in [2.24, 2.45) is 7.05 Å². The molecule has 32 heavy (non-hydrogen) atoms. The van der Waals surface area contributed by atoms with Gasteiger partial charge in [0.2, 0.25) is 0 Å². The summed E-state index contributed by atoms with van der Waals surface area (Å²) >= 11 is 0. The van der Waals surface area contributed by atoms with Gasteiger partial charge in [-0.1, -0.05) is 30.3 Å². The van der Waals surface area contributed by atoms with E-state index >= 15 is 0 Å². The number of aromatic nitrogens is 5. The molecule has 1 aromatic carbocycles. The summed E-state index contributed by atoms with van der Waals surface area (Å²) in [5, 5.41) is 23.8. The van der Waals surface area contributed by atoms with Gasteiger partial charge >= 0.3 is 0 Å². The van der Waals surface area contributed by atoms with Crippen LogP contribution in [-0.2, 0) is 7.05 Å². The topological polar surface area (TPSA) is 90.0 Å². The molecule has 164 valence electrons. The van der Waals surface area contributed by atoms with Gasteiger partial charge in [0, 0.05) is 24.7 Å². The minimum atomic E-state index is -0.434. The molecule has 2 atom stereocenters. The molecule has 8 nitrogen and oxygen atoms in total. The molecule has 6 rings (SSSR count). The maximum absolute atomic E-state index is 10.3. The lowest BCUT2D eigenvalue weighted by atomic mass is 10.1. The number of rotatable bonds is 6. The maximum Gasteiger partial charge on any atom is 0.163 e. The Bertz CT molecular complexity index is 1260. The smallest absolute Gasteiger partial charge is 0.163 e. The van der Waals surface area contributed by atoms with Gasteiger partial charge in [-0.3, -0.25) is 4.68 Å². The Labute approximate surface area is 185 Å². The van der Waals surface area contributed by atoms with Crippen LogP contribution in [0.15, 0.2) is 48.7 Å². The van der Waals surface area contributed by atoms with Crippen molar-refractivity contribution in [3.63, 3.8) is 0 Å². The van der Waals surface area contributed by atoms with Crippen LogP contribution < -0.4 is 10.1 Å². The molecular formula is C24H26N6O2. The Kier molecular flexibility index (Phi) is 4.61. The van der Waals surface area contributed by atoms with E-state index < -0.39 is 6.10 Å². The monoisotopic (exact) mass is 430 g/mol. The van der Waals surface area contributed by atoms with Crippen LogP contribution in [0.4, 0.5) is 11.6 Å². The fourth-order valence-electron chi connectivity index (χ4n) is 4.42. The standard InChI is InChI=1S/C24H26N6O2/c1-29-24-17(14-25-29)21(32-20-9-5-8-19(20)31)13-22(27-24)26-23-12-18(15-6-3-2-4-7-15)28-30(23)16-10-11-16/h2-4,6-7,12-14,16,19-20,31H,5,8-11H2,1H3,(H,26,27)/t19-,20+/m1/s1. The second-order valence-electron chi connectivity index (χ2n) is 8.75. The van der Waals surface area contributed by atoms with Crippen molar-refractivity contribution in [1.29, 1.82) is 0 Å². The highest BCUT2D eigenvalue weighted by atomic mass is 16.5. The number of fused-ring (bicyclic) bond motifs is 1.